The quantitative estimate of drug-likeness (QED) is 0.0262. The van der Waals surface area contributed by atoms with Gasteiger partial charge in [0.2, 0.25) is 0 Å². The van der Waals surface area contributed by atoms with Gasteiger partial charge in [0.1, 0.15) is 13.2 Å². The normalized spacial score (nSPS) is 13.3. The second-order valence-electron chi connectivity index (χ2n) is 17.4. The molecule has 0 aromatic rings. The predicted molar refractivity (Wildman–Crippen MR) is 297 cm³/mol. The maximum absolute atomic E-state index is 12.8. The molecule has 0 N–H and O–H groups in total. The molecule has 0 aliphatic rings. The zero-order valence-electron chi connectivity index (χ0n) is 44.0. The lowest BCUT2D eigenvalue weighted by atomic mass is 10.1. The topological polar surface area (TPSA) is 78.9 Å². The smallest absolute Gasteiger partial charge is 0.306 e. The molecule has 0 rings (SSSR count). The zero-order valence-corrected chi connectivity index (χ0v) is 44.0. The highest BCUT2D eigenvalue weighted by atomic mass is 16.6. The van der Waals surface area contributed by atoms with Crippen LogP contribution in [0.1, 0.15) is 213 Å². The Kier molecular flexibility index (Phi) is 52.1. The lowest BCUT2D eigenvalue weighted by molar-refractivity contribution is -0.166. The molecule has 0 saturated carbocycles. The molecule has 0 aromatic carbocycles. The third-order valence-corrected chi connectivity index (χ3v) is 10.8. The second-order valence-corrected chi connectivity index (χ2v) is 17.4. The molecule has 6 nitrogen and oxygen atoms in total. The van der Waals surface area contributed by atoms with Crippen LogP contribution in [0.5, 0.6) is 0 Å². The summed E-state index contributed by atoms with van der Waals surface area (Å²) in [6, 6.07) is 0. The van der Waals surface area contributed by atoms with Crippen LogP contribution in [-0.2, 0) is 28.6 Å². The number of ether oxygens (including phenoxy) is 3. The summed E-state index contributed by atoms with van der Waals surface area (Å²) in [5.41, 5.74) is 0. The largest absolute Gasteiger partial charge is 0.462 e. The van der Waals surface area contributed by atoms with E-state index >= 15 is 0 Å². The number of unbranched alkanes of at least 4 members (excludes halogenated alkanes) is 12. The van der Waals surface area contributed by atoms with Crippen LogP contribution in [0.15, 0.2) is 146 Å². The van der Waals surface area contributed by atoms with Gasteiger partial charge in [-0.1, -0.05) is 205 Å². The van der Waals surface area contributed by atoms with Gasteiger partial charge >= 0.3 is 17.9 Å². The van der Waals surface area contributed by atoms with Crippen molar-refractivity contribution in [3.63, 3.8) is 0 Å². The fraction of sp³-hybridized carbons (Fsp3) is 0.571. The summed E-state index contributed by atoms with van der Waals surface area (Å²) in [6.45, 7) is 6.33. The first kappa shape index (κ1) is 64.3. The van der Waals surface area contributed by atoms with Crippen LogP contribution in [0.25, 0.3) is 0 Å². The van der Waals surface area contributed by atoms with Crippen molar-refractivity contribution in [1.29, 1.82) is 0 Å². The molecule has 0 radical (unpaired) electrons. The number of rotatable bonds is 47. The van der Waals surface area contributed by atoms with Gasteiger partial charge < -0.3 is 14.2 Å². The molecule has 0 fully saturated rings. The minimum atomic E-state index is -0.843. The summed E-state index contributed by atoms with van der Waals surface area (Å²) < 4.78 is 16.7. The molecule has 0 amide bonds. The van der Waals surface area contributed by atoms with E-state index in [1.165, 1.54) is 51.4 Å². The van der Waals surface area contributed by atoms with Gasteiger partial charge in [0, 0.05) is 19.3 Å². The molecular weight excluding hydrogens is 853 g/mol. The van der Waals surface area contributed by atoms with E-state index in [2.05, 4.69) is 154 Å². The first-order valence-electron chi connectivity index (χ1n) is 27.3. The minimum absolute atomic E-state index is 0.136. The van der Waals surface area contributed by atoms with E-state index in [0.29, 0.717) is 12.8 Å². The van der Waals surface area contributed by atoms with Crippen LogP contribution < -0.4 is 0 Å². The Labute approximate surface area is 423 Å². The number of hydrogen-bond donors (Lipinski definition) is 0. The summed E-state index contributed by atoms with van der Waals surface area (Å²) in [7, 11) is 0. The van der Waals surface area contributed by atoms with E-state index in [-0.39, 0.29) is 50.4 Å². The zero-order chi connectivity index (χ0) is 50.0. The fourth-order valence-electron chi connectivity index (χ4n) is 6.71. The van der Waals surface area contributed by atoms with Crippen molar-refractivity contribution < 1.29 is 28.6 Å². The number of esters is 3. The molecule has 1 atom stereocenters. The Balaban J connectivity index is 4.63. The minimum Gasteiger partial charge on any atom is -0.462 e. The van der Waals surface area contributed by atoms with E-state index < -0.39 is 6.10 Å². The molecule has 0 saturated heterocycles. The molecule has 386 valence electrons. The van der Waals surface area contributed by atoms with Gasteiger partial charge in [0.05, 0.1) is 0 Å². The van der Waals surface area contributed by atoms with Gasteiger partial charge in [0.15, 0.2) is 6.10 Å². The van der Waals surface area contributed by atoms with Gasteiger partial charge in [-0.05, 0) is 135 Å². The standard InChI is InChI=1S/C63H98O6/c1-4-7-10-13-16-19-22-25-28-30-31-33-35-38-41-44-47-50-53-56-62(65)68-59-60(58-67-61(64)55-52-49-46-43-40-37-34-27-24-21-18-15-12-9-6-3)69-63(66)57-54-51-48-45-42-39-36-32-29-26-23-20-17-14-11-8-5-2/h7,10,16-21,25-29,31,33-34,36,38-41,43,47,50,60H,4-6,8-9,11-15,22-24,30,32,35,37,42,44-46,48-49,51-59H2,1-3H3/b10-7-,19-16-,20-17-,21-18-,28-25-,29-26-,33-31-,34-27-,39-36-,41-38-,43-40-,50-47-/t60-/m0/s1. The molecule has 0 aromatic heterocycles. The van der Waals surface area contributed by atoms with Crippen LogP contribution in [0, 0.1) is 0 Å². The van der Waals surface area contributed by atoms with Crippen molar-refractivity contribution in [3.8, 4) is 0 Å². The van der Waals surface area contributed by atoms with Crippen LogP contribution in [-0.4, -0.2) is 37.2 Å². The highest BCUT2D eigenvalue weighted by Crippen LogP contribution is 2.11. The van der Waals surface area contributed by atoms with Crippen LogP contribution in [0.3, 0.4) is 0 Å². The summed E-state index contributed by atoms with van der Waals surface area (Å²) in [5, 5.41) is 0. The Bertz CT molecular complexity index is 1560. The van der Waals surface area contributed by atoms with E-state index in [1.807, 2.05) is 12.2 Å². The third-order valence-electron chi connectivity index (χ3n) is 10.8. The average molecular weight is 951 g/mol. The highest BCUT2D eigenvalue weighted by Gasteiger charge is 2.19. The molecule has 0 heterocycles. The lowest BCUT2D eigenvalue weighted by Gasteiger charge is -2.18. The predicted octanol–water partition coefficient (Wildman–Crippen LogP) is 18.4. The maximum Gasteiger partial charge on any atom is 0.306 e. The second kappa shape index (κ2) is 55.9. The third kappa shape index (κ3) is 54.1. The number of carbonyl (C=O) groups is 3. The lowest BCUT2D eigenvalue weighted by Crippen LogP contribution is -2.30. The van der Waals surface area contributed by atoms with E-state index in [9.17, 15) is 14.4 Å². The van der Waals surface area contributed by atoms with Gasteiger partial charge in [-0.15, -0.1) is 0 Å². The van der Waals surface area contributed by atoms with Gasteiger partial charge in [-0.3, -0.25) is 14.4 Å². The maximum atomic E-state index is 12.8. The molecule has 6 heteroatoms. The Morgan fingerprint density at radius 2 is 0.594 bits per heavy atom. The summed E-state index contributed by atoms with van der Waals surface area (Å²) in [6.07, 6.45) is 79.8. The van der Waals surface area contributed by atoms with E-state index in [0.717, 1.165) is 109 Å². The van der Waals surface area contributed by atoms with E-state index in [4.69, 9.17) is 14.2 Å². The van der Waals surface area contributed by atoms with Gasteiger partial charge in [0.25, 0.3) is 0 Å². The van der Waals surface area contributed by atoms with Crippen molar-refractivity contribution in [2.45, 2.75) is 219 Å². The van der Waals surface area contributed by atoms with Crippen LogP contribution >= 0.6 is 0 Å². The Morgan fingerprint density at radius 1 is 0.304 bits per heavy atom. The van der Waals surface area contributed by atoms with Crippen molar-refractivity contribution in [3.05, 3.63) is 146 Å². The van der Waals surface area contributed by atoms with Crippen molar-refractivity contribution >= 4 is 17.9 Å². The molecule has 0 bridgehead atoms. The average Bonchev–Trinajstić information content (AvgIpc) is 3.35. The van der Waals surface area contributed by atoms with Gasteiger partial charge in [-0.2, -0.15) is 0 Å². The Morgan fingerprint density at radius 3 is 0.986 bits per heavy atom. The Hall–Kier alpha value is -4.71. The number of carbonyl (C=O) groups excluding carboxylic acids is 3. The van der Waals surface area contributed by atoms with Crippen LogP contribution in [0.2, 0.25) is 0 Å². The number of allylic oxidation sites excluding steroid dienone is 24. The molecule has 69 heavy (non-hydrogen) atoms. The molecule has 0 aliphatic carbocycles. The van der Waals surface area contributed by atoms with Crippen molar-refractivity contribution in [2.24, 2.45) is 0 Å². The summed E-state index contributed by atoms with van der Waals surface area (Å²) >= 11 is 0. The molecule has 0 aliphatic heterocycles. The highest BCUT2D eigenvalue weighted by molar-refractivity contribution is 5.71. The summed E-state index contributed by atoms with van der Waals surface area (Å²) in [5.74, 6) is -1.09. The molecule has 0 spiro atoms. The van der Waals surface area contributed by atoms with Crippen LogP contribution in [0.4, 0.5) is 0 Å². The first-order chi connectivity index (χ1) is 34.0. The van der Waals surface area contributed by atoms with Gasteiger partial charge in [-0.25, -0.2) is 0 Å². The fourth-order valence-corrected chi connectivity index (χ4v) is 6.71. The molecule has 0 unspecified atom stereocenters. The van der Waals surface area contributed by atoms with Crippen molar-refractivity contribution in [2.75, 3.05) is 13.2 Å². The van der Waals surface area contributed by atoms with E-state index in [1.54, 1.807) is 0 Å². The summed E-state index contributed by atoms with van der Waals surface area (Å²) in [4.78, 5) is 38.1. The number of hydrogen-bond acceptors (Lipinski definition) is 6. The SMILES string of the molecule is CC/C=C\C/C=C\C/C=C\C/C=C\C/C=C\C/C=C\CCC(=O)OC[C@H](COC(=O)CCCC/C=C\C/C=C\C/C=C\CCCCC)OC(=O)CCCCCC/C=C\C/C=C\C/C=C\CCCCC. The van der Waals surface area contributed by atoms with Crippen molar-refractivity contribution in [1.82, 2.24) is 0 Å². The monoisotopic (exact) mass is 951 g/mol. The first-order valence-corrected chi connectivity index (χ1v) is 27.3. The molecular formula is C63H98O6.